The fraction of sp³-hybridized carbons (Fsp3) is 0.105. The van der Waals surface area contributed by atoms with Crippen LogP contribution in [0.3, 0.4) is 0 Å². The van der Waals surface area contributed by atoms with Gasteiger partial charge in [0.05, 0.1) is 18.4 Å². The summed E-state index contributed by atoms with van der Waals surface area (Å²) in [6, 6.07) is 12.8. The molecule has 3 rings (SSSR count). The third-order valence-electron chi connectivity index (χ3n) is 3.57. The number of rotatable bonds is 6. The van der Waals surface area contributed by atoms with Crippen LogP contribution in [-0.4, -0.2) is 23.0 Å². The van der Waals surface area contributed by atoms with Gasteiger partial charge in [0.2, 0.25) is 0 Å². The summed E-state index contributed by atoms with van der Waals surface area (Å²) in [5, 5.41) is 6.07. The third kappa shape index (κ3) is 4.54. The number of nitrogens with zero attached hydrogens (tertiary/aromatic N) is 2. The van der Waals surface area contributed by atoms with Crippen LogP contribution in [-0.2, 0) is 6.54 Å². The Balaban J connectivity index is 1.64. The molecule has 0 radical (unpaired) electrons. The van der Waals surface area contributed by atoms with E-state index in [1.807, 2.05) is 12.1 Å². The van der Waals surface area contributed by atoms with Crippen LogP contribution >= 0.6 is 0 Å². The molecule has 0 spiro atoms. The maximum absolute atomic E-state index is 12.4. The van der Waals surface area contributed by atoms with Crippen LogP contribution < -0.4 is 15.4 Å². The molecule has 0 fully saturated rings. The second-order valence-corrected chi connectivity index (χ2v) is 5.36. The summed E-state index contributed by atoms with van der Waals surface area (Å²) in [5.41, 5.74) is 2.99. The van der Waals surface area contributed by atoms with E-state index in [-0.39, 0.29) is 5.91 Å². The van der Waals surface area contributed by atoms with Gasteiger partial charge >= 0.3 is 0 Å². The summed E-state index contributed by atoms with van der Waals surface area (Å²) < 4.78 is 5.10. The van der Waals surface area contributed by atoms with Gasteiger partial charge in [-0.05, 0) is 42.0 Å². The summed E-state index contributed by atoms with van der Waals surface area (Å²) in [6.45, 7) is 0.610. The van der Waals surface area contributed by atoms with Gasteiger partial charge in [-0.3, -0.25) is 14.8 Å². The molecule has 1 aromatic carbocycles. The van der Waals surface area contributed by atoms with E-state index in [2.05, 4.69) is 20.6 Å². The molecule has 0 aliphatic rings. The highest BCUT2D eigenvalue weighted by Crippen LogP contribution is 2.17. The molecular formula is C19H18N4O2. The van der Waals surface area contributed by atoms with Crippen molar-refractivity contribution in [2.24, 2.45) is 0 Å². The topological polar surface area (TPSA) is 76.1 Å². The van der Waals surface area contributed by atoms with Crippen LogP contribution in [0.2, 0.25) is 0 Å². The van der Waals surface area contributed by atoms with Crippen LogP contribution in [0.1, 0.15) is 15.9 Å². The number of carbonyl (C=O) groups excluding carboxylic acids is 1. The van der Waals surface area contributed by atoms with Gasteiger partial charge in [-0.15, -0.1) is 0 Å². The predicted molar refractivity (Wildman–Crippen MR) is 96.7 cm³/mol. The SMILES string of the molecule is COc1ccc(NC(=O)c2cncc(NCc3cccnc3)c2)cc1. The van der Waals surface area contributed by atoms with Gasteiger partial charge in [0, 0.05) is 37.0 Å². The quantitative estimate of drug-likeness (QED) is 0.723. The molecule has 6 heteroatoms. The molecule has 0 bridgehead atoms. The maximum Gasteiger partial charge on any atom is 0.257 e. The zero-order chi connectivity index (χ0) is 17.5. The molecule has 2 heterocycles. The number of ether oxygens (including phenoxy) is 1. The van der Waals surface area contributed by atoms with E-state index in [1.54, 1.807) is 56.0 Å². The Kier molecular flexibility index (Phi) is 5.21. The molecule has 25 heavy (non-hydrogen) atoms. The first-order chi connectivity index (χ1) is 12.2. The van der Waals surface area contributed by atoms with Gasteiger partial charge in [-0.2, -0.15) is 0 Å². The minimum absolute atomic E-state index is 0.220. The van der Waals surface area contributed by atoms with Crippen LogP contribution in [0.4, 0.5) is 11.4 Å². The molecule has 0 aliphatic carbocycles. The average Bonchev–Trinajstić information content (AvgIpc) is 2.68. The molecule has 126 valence electrons. The lowest BCUT2D eigenvalue weighted by Gasteiger charge is -2.09. The first-order valence-electron chi connectivity index (χ1n) is 7.78. The zero-order valence-corrected chi connectivity index (χ0v) is 13.8. The zero-order valence-electron chi connectivity index (χ0n) is 13.8. The van der Waals surface area contributed by atoms with E-state index < -0.39 is 0 Å². The van der Waals surface area contributed by atoms with Crippen molar-refractivity contribution in [2.75, 3.05) is 17.7 Å². The number of benzene rings is 1. The molecule has 2 N–H and O–H groups in total. The number of aromatic nitrogens is 2. The van der Waals surface area contributed by atoms with Crippen molar-refractivity contribution in [3.8, 4) is 5.75 Å². The van der Waals surface area contributed by atoms with Crippen molar-refractivity contribution in [3.63, 3.8) is 0 Å². The fourth-order valence-electron chi connectivity index (χ4n) is 2.25. The second kappa shape index (κ2) is 7.92. The Morgan fingerprint density at radius 3 is 2.60 bits per heavy atom. The number of hydrogen-bond acceptors (Lipinski definition) is 5. The van der Waals surface area contributed by atoms with E-state index in [1.165, 1.54) is 6.20 Å². The van der Waals surface area contributed by atoms with Crippen molar-refractivity contribution in [2.45, 2.75) is 6.54 Å². The number of methoxy groups -OCH3 is 1. The second-order valence-electron chi connectivity index (χ2n) is 5.36. The van der Waals surface area contributed by atoms with Gasteiger partial charge in [-0.25, -0.2) is 0 Å². The highest BCUT2D eigenvalue weighted by atomic mass is 16.5. The standard InChI is InChI=1S/C19H18N4O2/c1-25-18-6-4-16(5-7-18)23-19(24)15-9-17(13-21-12-15)22-11-14-3-2-8-20-10-14/h2-10,12-13,22H,11H2,1H3,(H,23,24). The lowest BCUT2D eigenvalue weighted by atomic mass is 10.2. The Morgan fingerprint density at radius 2 is 1.88 bits per heavy atom. The summed E-state index contributed by atoms with van der Waals surface area (Å²) in [4.78, 5) is 20.6. The molecular weight excluding hydrogens is 316 g/mol. The number of anilines is 2. The summed E-state index contributed by atoms with van der Waals surface area (Å²) in [5.74, 6) is 0.518. The maximum atomic E-state index is 12.4. The lowest BCUT2D eigenvalue weighted by Crippen LogP contribution is -2.12. The highest BCUT2D eigenvalue weighted by molar-refractivity contribution is 6.04. The molecule has 0 unspecified atom stereocenters. The van der Waals surface area contributed by atoms with Gasteiger partial charge in [0.1, 0.15) is 5.75 Å². The van der Waals surface area contributed by atoms with Crippen LogP contribution in [0, 0.1) is 0 Å². The normalized spacial score (nSPS) is 10.1. The first kappa shape index (κ1) is 16.4. The van der Waals surface area contributed by atoms with Gasteiger partial charge in [0.15, 0.2) is 0 Å². The molecule has 0 saturated heterocycles. The van der Waals surface area contributed by atoms with Crippen molar-refractivity contribution >= 4 is 17.3 Å². The number of pyridine rings is 2. The van der Waals surface area contributed by atoms with Crippen LogP contribution in [0.25, 0.3) is 0 Å². The largest absolute Gasteiger partial charge is 0.497 e. The average molecular weight is 334 g/mol. The fourth-order valence-corrected chi connectivity index (χ4v) is 2.25. The summed E-state index contributed by atoms with van der Waals surface area (Å²) in [7, 11) is 1.60. The predicted octanol–water partition coefficient (Wildman–Crippen LogP) is 3.35. The van der Waals surface area contributed by atoms with Crippen molar-refractivity contribution in [1.82, 2.24) is 9.97 Å². The minimum Gasteiger partial charge on any atom is -0.497 e. The molecule has 1 amide bonds. The smallest absolute Gasteiger partial charge is 0.257 e. The molecule has 0 saturated carbocycles. The van der Waals surface area contributed by atoms with Crippen molar-refractivity contribution in [3.05, 3.63) is 78.4 Å². The Morgan fingerprint density at radius 1 is 1.04 bits per heavy atom. The van der Waals surface area contributed by atoms with Gasteiger partial charge in [-0.1, -0.05) is 6.07 Å². The number of carbonyl (C=O) groups is 1. The number of amides is 1. The summed E-state index contributed by atoms with van der Waals surface area (Å²) in [6.07, 6.45) is 6.74. The Hall–Kier alpha value is -3.41. The van der Waals surface area contributed by atoms with Crippen molar-refractivity contribution in [1.29, 1.82) is 0 Å². The van der Waals surface area contributed by atoms with Gasteiger partial charge in [0.25, 0.3) is 5.91 Å². The van der Waals surface area contributed by atoms with Crippen LogP contribution in [0.5, 0.6) is 5.75 Å². The molecule has 0 atom stereocenters. The van der Waals surface area contributed by atoms with Crippen LogP contribution in [0.15, 0.2) is 67.3 Å². The number of hydrogen-bond donors (Lipinski definition) is 2. The number of nitrogens with one attached hydrogen (secondary N) is 2. The molecule has 2 aromatic heterocycles. The first-order valence-corrected chi connectivity index (χ1v) is 7.78. The monoisotopic (exact) mass is 334 g/mol. The molecule has 6 nitrogen and oxygen atoms in total. The Labute approximate surface area is 145 Å². The summed E-state index contributed by atoms with van der Waals surface area (Å²) >= 11 is 0. The molecule has 3 aromatic rings. The third-order valence-corrected chi connectivity index (χ3v) is 3.57. The minimum atomic E-state index is -0.220. The lowest BCUT2D eigenvalue weighted by molar-refractivity contribution is 0.102. The highest BCUT2D eigenvalue weighted by Gasteiger charge is 2.08. The van der Waals surface area contributed by atoms with E-state index in [4.69, 9.17) is 4.74 Å². The van der Waals surface area contributed by atoms with E-state index in [9.17, 15) is 4.79 Å². The van der Waals surface area contributed by atoms with Crippen molar-refractivity contribution < 1.29 is 9.53 Å². The molecule has 0 aliphatic heterocycles. The van der Waals surface area contributed by atoms with Gasteiger partial charge < -0.3 is 15.4 Å². The Bertz CT molecular complexity index is 836. The van der Waals surface area contributed by atoms with E-state index in [0.29, 0.717) is 17.8 Å². The van der Waals surface area contributed by atoms with E-state index >= 15 is 0 Å². The van der Waals surface area contributed by atoms with E-state index in [0.717, 1.165) is 17.0 Å².